The molecule has 0 aromatic carbocycles. The van der Waals surface area contributed by atoms with Crippen molar-refractivity contribution in [2.45, 2.75) is 70.3 Å². The summed E-state index contributed by atoms with van der Waals surface area (Å²) in [7, 11) is 0. The summed E-state index contributed by atoms with van der Waals surface area (Å²) in [5, 5.41) is 13.1. The minimum atomic E-state index is -0.579. The van der Waals surface area contributed by atoms with Gasteiger partial charge in [-0.1, -0.05) is 38.5 Å². The maximum Gasteiger partial charge on any atom is 0.310 e. The average Bonchev–Trinajstić information content (AvgIpc) is 2.71. The summed E-state index contributed by atoms with van der Waals surface area (Å²) in [4.78, 5) is 11.6. The number of carboxylic acid groups (broad SMARTS) is 1. The van der Waals surface area contributed by atoms with E-state index in [1.54, 1.807) is 0 Å². The van der Waals surface area contributed by atoms with Crippen LogP contribution in [0, 0.1) is 5.41 Å². The van der Waals surface area contributed by atoms with Gasteiger partial charge in [0.1, 0.15) is 0 Å². The Morgan fingerprint density at radius 2 is 1.65 bits per heavy atom. The number of nitrogens with one attached hydrogen (secondary N) is 1. The molecule has 0 radical (unpaired) electrons. The second-order valence-corrected chi connectivity index (χ2v) is 5.86. The van der Waals surface area contributed by atoms with Crippen molar-refractivity contribution in [1.29, 1.82) is 0 Å². The van der Waals surface area contributed by atoms with Gasteiger partial charge in [0.2, 0.25) is 0 Å². The Bertz CT molecular complexity index is 251. The summed E-state index contributed by atoms with van der Waals surface area (Å²) < 4.78 is 0. The molecule has 0 amide bonds. The first-order valence-electron chi connectivity index (χ1n) is 7.20. The van der Waals surface area contributed by atoms with Crippen molar-refractivity contribution < 1.29 is 9.90 Å². The van der Waals surface area contributed by atoms with E-state index in [1.807, 2.05) is 0 Å². The summed E-state index contributed by atoms with van der Waals surface area (Å²) in [5.41, 5.74) is -0.473. The second-order valence-electron chi connectivity index (χ2n) is 5.86. The fourth-order valence-electron chi connectivity index (χ4n) is 3.34. The van der Waals surface area contributed by atoms with Gasteiger partial charge in [-0.2, -0.15) is 0 Å². The fourth-order valence-corrected chi connectivity index (χ4v) is 3.34. The highest BCUT2D eigenvalue weighted by molar-refractivity contribution is 5.75. The highest BCUT2D eigenvalue weighted by atomic mass is 16.4. The van der Waals surface area contributed by atoms with Crippen LogP contribution in [0.3, 0.4) is 0 Å². The van der Waals surface area contributed by atoms with Crippen molar-refractivity contribution in [3.8, 4) is 0 Å². The van der Waals surface area contributed by atoms with Crippen molar-refractivity contribution in [2.24, 2.45) is 5.41 Å². The lowest BCUT2D eigenvalue weighted by molar-refractivity contribution is -0.149. The van der Waals surface area contributed by atoms with Crippen LogP contribution in [-0.2, 0) is 4.79 Å². The third-order valence-corrected chi connectivity index (χ3v) is 4.60. The molecule has 98 valence electrons. The van der Waals surface area contributed by atoms with Gasteiger partial charge in [-0.25, -0.2) is 0 Å². The van der Waals surface area contributed by atoms with Gasteiger partial charge in [-0.05, 0) is 25.7 Å². The molecule has 0 unspecified atom stereocenters. The topological polar surface area (TPSA) is 49.3 Å². The van der Waals surface area contributed by atoms with E-state index in [9.17, 15) is 9.90 Å². The van der Waals surface area contributed by atoms with Crippen LogP contribution in [0.2, 0.25) is 0 Å². The van der Waals surface area contributed by atoms with Crippen LogP contribution in [-0.4, -0.2) is 23.7 Å². The maximum atomic E-state index is 11.6. The SMILES string of the molecule is O=C(O)C1(CNC2CCCC2)CCCCCC1. The van der Waals surface area contributed by atoms with Crippen molar-refractivity contribution in [1.82, 2.24) is 5.32 Å². The van der Waals surface area contributed by atoms with Crippen molar-refractivity contribution >= 4 is 5.97 Å². The molecular formula is C14H25NO2. The fraction of sp³-hybridized carbons (Fsp3) is 0.929. The molecule has 17 heavy (non-hydrogen) atoms. The third kappa shape index (κ3) is 3.21. The molecule has 2 fully saturated rings. The van der Waals surface area contributed by atoms with E-state index in [0.29, 0.717) is 12.6 Å². The number of aliphatic carboxylic acids is 1. The van der Waals surface area contributed by atoms with Crippen LogP contribution < -0.4 is 5.32 Å². The van der Waals surface area contributed by atoms with Gasteiger partial charge < -0.3 is 10.4 Å². The molecule has 0 aromatic heterocycles. The average molecular weight is 239 g/mol. The van der Waals surface area contributed by atoms with Crippen molar-refractivity contribution in [3.05, 3.63) is 0 Å². The van der Waals surface area contributed by atoms with E-state index >= 15 is 0 Å². The Labute approximate surface area is 104 Å². The zero-order chi connectivity index (χ0) is 12.1. The van der Waals surface area contributed by atoms with Crippen LogP contribution >= 0.6 is 0 Å². The molecule has 2 N–H and O–H groups in total. The number of carboxylic acids is 1. The van der Waals surface area contributed by atoms with Crippen molar-refractivity contribution in [2.75, 3.05) is 6.54 Å². The first-order chi connectivity index (χ1) is 8.23. The zero-order valence-electron chi connectivity index (χ0n) is 10.7. The quantitative estimate of drug-likeness (QED) is 0.742. The Balaban J connectivity index is 1.92. The molecule has 3 nitrogen and oxygen atoms in total. The van der Waals surface area contributed by atoms with Crippen LogP contribution in [0.25, 0.3) is 0 Å². The minimum Gasteiger partial charge on any atom is -0.481 e. The largest absolute Gasteiger partial charge is 0.481 e. The number of rotatable bonds is 4. The Hall–Kier alpha value is -0.570. The highest BCUT2D eigenvalue weighted by Crippen LogP contribution is 2.35. The van der Waals surface area contributed by atoms with E-state index in [-0.39, 0.29) is 0 Å². The van der Waals surface area contributed by atoms with Crippen LogP contribution in [0.15, 0.2) is 0 Å². The van der Waals surface area contributed by atoms with Crippen molar-refractivity contribution in [3.63, 3.8) is 0 Å². The molecule has 0 aromatic rings. The molecule has 0 aliphatic heterocycles. The predicted octanol–water partition coefficient (Wildman–Crippen LogP) is 2.94. The standard InChI is InChI=1S/C14H25NO2/c16-13(17)14(9-5-1-2-6-10-14)11-15-12-7-3-4-8-12/h12,15H,1-11H2,(H,16,17). The molecule has 0 heterocycles. The molecule has 0 atom stereocenters. The first kappa shape index (κ1) is 12.9. The lowest BCUT2D eigenvalue weighted by Crippen LogP contribution is -2.43. The van der Waals surface area contributed by atoms with Crippen LogP contribution in [0.1, 0.15) is 64.2 Å². The summed E-state index contributed by atoms with van der Waals surface area (Å²) in [6.07, 6.45) is 11.4. The second kappa shape index (κ2) is 5.85. The number of hydrogen-bond acceptors (Lipinski definition) is 2. The van der Waals surface area contributed by atoms with E-state index in [1.165, 1.54) is 38.5 Å². The lowest BCUT2D eigenvalue weighted by Gasteiger charge is -2.30. The molecule has 0 bridgehead atoms. The lowest BCUT2D eigenvalue weighted by atomic mass is 9.80. The smallest absolute Gasteiger partial charge is 0.310 e. The van der Waals surface area contributed by atoms with Gasteiger partial charge in [0.25, 0.3) is 0 Å². The summed E-state index contributed by atoms with van der Waals surface area (Å²) >= 11 is 0. The summed E-state index contributed by atoms with van der Waals surface area (Å²) in [5.74, 6) is -0.579. The van der Waals surface area contributed by atoms with Gasteiger partial charge in [-0.3, -0.25) is 4.79 Å². The van der Waals surface area contributed by atoms with Gasteiger partial charge in [-0.15, -0.1) is 0 Å². The molecule has 3 heteroatoms. The van der Waals surface area contributed by atoms with E-state index in [2.05, 4.69) is 5.32 Å². The number of hydrogen-bond donors (Lipinski definition) is 2. The van der Waals surface area contributed by atoms with E-state index < -0.39 is 11.4 Å². The summed E-state index contributed by atoms with van der Waals surface area (Å²) in [6.45, 7) is 0.687. The minimum absolute atomic E-state index is 0.473. The van der Waals surface area contributed by atoms with Crippen LogP contribution in [0.5, 0.6) is 0 Å². The molecular weight excluding hydrogens is 214 g/mol. The highest BCUT2D eigenvalue weighted by Gasteiger charge is 2.38. The summed E-state index contributed by atoms with van der Waals surface area (Å²) in [6, 6.07) is 0.578. The molecule has 2 rings (SSSR count). The zero-order valence-corrected chi connectivity index (χ0v) is 10.7. The Morgan fingerprint density at radius 3 is 2.18 bits per heavy atom. The molecule has 2 aliphatic rings. The third-order valence-electron chi connectivity index (χ3n) is 4.60. The van der Waals surface area contributed by atoms with Gasteiger partial charge in [0.05, 0.1) is 5.41 Å². The van der Waals surface area contributed by atoms with E-state index in [4.69, 9.17) is 0 Å². The number of carbonyl (C=O) groups is 1. The molecule has 0 spiro atoms. The van der Waals surface area contributed by atoms with Gasteiger partial charge in [0, 0.05) is 12.6 Å². The monoisotopic (exact) mass is 239 g/mol. The van der Waals surface area contributed by atoms with Crippen LogP contribution in [0.4, 0.5) is 0 Å². The van der Waals surface area contributed by atoms with Gasteiger partial charge >= 0.3 is 5.97 Å². The van der Waals surface area contributed by atoms with E-state index in [0.717, 1.165) is 25.7 Å². The maximum absolute atomic E-state index is 11.6. The first-order valence-corrected chi connectivity index (χ1v) is 7.20. The molecule has 2 saturated carbocycles. The Kier molecular flexibility index (Phi) is 4.43. The predicted molar refractivity (Wildman–Crippen MR) is 68.0 cm³/mol. The van der Waals surface area contributed by atoms with Gasteiger partial charge in [0.15, 0.2) is 0 Å². The normalized spacial score (nSPS) is 25.6. The Morgan fingerprint density at radius 1 is 1.06 bits per heavy atom. The molecule has 2 aliphatic carbocycles. The molecule has 0 saturated heterocycles.